The van der Waals surface area contributed by atoms with Crippen molar-refractivity contribution in [1.29, 1.82) is 5.26 Å². The fraction of sp³-hybridized carbons (Fsp3) is 0.400. The van der Waals surface area contributed by atoms with Crippen molar-refractivity contribution in [1.82, 2.24) is 29.2 Å². The van der Waals surface area contributed by atoms with Crippen LogP contribution in [0, 0.1) is 11.3 Å². The zero-order chi connectivity index (χ0) is 23.8. The van der Waals surface area contributed by atoms with Crippen molar-refractivity contribution in [3.05, 3.63) is 58.8 Å². The first kappa shape index (κ1) is 22.0. The first-order valence-corrected chi connectivity index (χ1v) is 11.7. The van der Waals surface area contributed by atoms with Gasteiger partial charge >= 0.3 is 0 Å². The molecule has 174 valence electrons. The number of aryl methyl sites for hydroxylation is 1. The standard InChI is InChI=1S/C25H28N8O/c1-4-19-15-31(22-14-24(34)30(3)23-16-32(10-7-26)29-25(22)23)11-12-33(19)17(2)18-5-6-20-21(13-18)28-9-8-27-20/h5-6,8-9,13-14,16-17,19H,4,10-12,15H2,1-3H3/t17-,19-/m1/s1. The van der Waals surface area contributed by atoms with Crippen molar-refractivity contribution in [2.24, 2.45) is 7.05 Å². The molecule has 5 rings (SSSR count). The van der Waals surface area contributed by atoms with Gasteiger partial charge in [-0.2, -0.15) is 10.4 Å². The van der Waals surface area contributed by atoms with Gasteiger partial charge in [-0.3, -0.25) is 24.3 Å². The lowest BCUT2D eigenvalue weighted by atomic mass is 10.0. The van der Waals surface area contributed by atoms with Crippen LogP contribution in [0.4, 0.5) is 5.69 Å². The molecule has 0 spiro atoms. The maximum atomic E-state index is 12.7. The van der Waals surface area contributed by atoms with E-state index in [4.69, 9.17) is 5.26 Å². The predicted octanol–water partition coefficient (Wildman–Crippen LogP) is 2.86. The van der Waals surface area contributed by atoms with E-state index in [0.717, 1.165) is 53.8 Å². The number of nitriles is 1. The molecule has 0 bridgehead atoms. The van der Waals surface area contributed by atoms with E-state index in [9.17, 15) is 4.79 Å². The van der Waals surface area contributed by atoms with Crippen LogP contribution in [0.2, 0.25) is 0 Å². The molecule has 0 amide bonds. The van der Waals surface area contributed by atoms with Crippen molar-refractivity contribution in [2.45, 2.75) is 38.9 Å². The molecule has 0 N–H and O–H groups in total. The summed E-state index contributed by atoms with van der Waals surface area (Å²) in [5.74, 6) is 0. The Morgan fingerprint density at radius 2 is 1.97 bits per heavy atom. The Bertz CT molecular complexity index is 1450. The topological polar surface area (TPSA) is 95.9 Å². The number of anilines is 1. The van der Waals surface area contributed by atoms with Crippen LogP contribution in [-0.4, -0.2) is 54.9 Å². The highest BCUT2D eigenvalue weighted by Crippen LogP contribution is 2.31. The van der Waals surface area contributed by atoms with Gasteiger partial charge in [0, 0.05) is 57.2 Å². The van der Waals surface area contributed by atoms with Crippen LogP contribution in [0.15, 0.2) is 47.7 Å². The quantitative estimate of drug-likeness (QED) is 0.456. The summed E-state index contributed by atoms with van der Waals surface area (Å²) in [7, 11) is 1.75. The third-order valence-electron chi connectivity index (χ3n) is 6.98. The lowest BCUT2D eigenvalue weighted by Gasteiger charge is -2.45. The Balaban J connectivity index is 1.44. The van der Waals surface area contributed by atoms with Gasteiger partial charge in [0.25, 0.3) is 5.56 Å². The van der Waals surface area contributed by atoms with Gasteiger partial charge < -0.3 is 9.47 Å². The molecule has 9 nitrogen and oxygen atoms in total. The van der Waals surface area contributed by atoms with Crippen LogP contribution in [0.1, 0.15) is 31.9 Å². The van der Waals surface area contributed by atoms with Gasteiger partial charge in [0.2, 0.25) is 0 Å². The first-order chi connectivity index (χ1) is 16.5. The minimum Gasteiger partial charge on any atom is -0.367 e. The summed E-state index contributed by atoms with van der Waals surface area (Å²) in [5.41, 5.74) is 5.34. The normalized spacial score (nSPS) is 17.8. The van der Waals surface area contributed by atoms with E-state index < -0.39 is 0 Å². The number of nitrogens with zero attached hydrogens (tertiary/aromatic N) is 8. The summed E-state index contributed by atoms with van der Waals surface area (Å²) >= 11 is 0. The van der Waals surface area contributed by atoms with Crippen LogP contribution in [-0.2, 0) is 13.6 Å². The fourth-order valence-corrected chi connectivity index (χ4v) is 5.03. The smallest absolute Gasteiger partial charge is 0.252 e. The Labute approximate surface area is 197 Å². The molecular formula is C25H28N8O. The Morgan fingerprint density at radius 1 is 1.18 bits per heavy atom. The third kappa shape index (κ3) is 3.80. The summed E-state index contributed by atoms with van der Waals surface area (Å²) in [4.78, 5) is 26.4. The van der Waals surface area contributed by atoms with Gasteiger partial charge in [0.1, 0.15) is 12.1 Å². The molecule has 1 aliphatic heterocycles. The highest BCUT2D eigenvalue weighted by molar-refractivity contribution is 5.88. The minimum atomic E-state index is -0.0693. The minimum absolute atomic E-state index is 0.0693. The van der Waals surface area contributed by atoms with Crippen molar-refractivity contribution < 1.29 is 0 Å². The molecule has 1 saturated heterocycles. The van der Waals surface area contributed by atoms with Crippen LogP contribution >= 0.6 is 0 Å². The second kappa shape index (κ2) is 8.88. The molecule has 1 aliphatic rings. The molecule has 0 saturated carbocycles. The number of hydrogen-bond acceptors (Lipinski definition) is 7. The Morgan fingerprint density at radius 3 is 2.74 bits per heavy atom. The van der Waals surface area contributed by atoms with Gasteiger partial charge in [-0.25, -0.2) is 0 Å². The van der Waals surface area contributed by atoms with Crippen LogP contribution < -0.4 is 10.5 Å². The summed E-state index contributed by atoms with van der Waals surface area (Å²) in [6, 6.07) is 10.7. The second-order valence-corrected chi connectivity index (χ2v) is 8.87. The summed E-state index contributed by atoms with van der Waals surface area (Å²) in [5, 5.41) is 13.7. The average molecular weight is 457 g/mol. The van der Waals surface area contributed by atoms with Gasteiger partial charge in [-0.15, -0.1) is 0 Å². The third-order valence-corrected chi connectivity index (χ3v) is 6.98. The number of pyridine rings is 1. The van der Waals surface area contributed by atoms with Gasteiger partial charge in [-0.05, 0) is 31.0 Å². The van der Waals surface area contributed by atoms with Crippen molar-refractivity contribution in [3.63, 3.8) is 0 Å². The van der Waals surface area contributed by atoms with Crippen molar-refractivity contribution in [3.8, 4) is 6.07 Å². The summed E-state index contributed by atoms with van der Waals surface area (Å²) < 4.78 is 3.20. The average Bonchev–Trinajstić information content (AvgIpc) is 3.29. The van der Waals surface area contributed by atoms with Crippen molar-refractivity contribution in [2.75, 3.05) is 24.5 Å². The highest BCUT2D eigenvalue weighted by Gasteiger charge is 2.31. The molecule has 4 aromatic rings. The predicted molar refractivity (Wildman–Crippen MR) is 132 cm³/mol. The molecule has 3 aromatic heterocycles. The largest absolute Gasteiger partial charge is 0.367 e. The number of fused-ring (bicyclic) bond motifs is 2. The van der Waals surface area contributed by atoms with Crippen LogP contribution in [0.3, 0.4) is 0 Å². The van der Waals surface area contributed by atoms with Gasteiger partial charge in [0.05, 0.1) is 34.5 Å². The molecule has 4 heterocycles. The van der Waals surface area contributed by atoms with Crippen molar-refractivity contribution >= 4 is 27.8 Å². The van der Waals surface area contributed by atoms with E-state index in [1.165, 1.54) is 5.56 Å². The van der Waals surface area contributed by atoms with E-state index in [1.807, 2.05) is 6.07 Å². The number of aromatic nitrogens is 5. The Kier molecular flexibility index (Phi) is 5.75. The number of hydrogen-bond donors (Lipinski definition) is 0. The number of piperazine rings is 1. The fourth-order valence-electron chi connectivity index (χ4n) is 5.03. The second-order valence-electron chi connectivity index (χ2n) is 8.87. The van der Waals surface area contributed by atoms with Gasteiger partial charge in [0.15, 0.2) is 0 Å². The maximum Gasteiger partial charge on any atom is 0.252 e. The van der Waals surface area contributed by atoms with E-state index in [-0.39, 0.29) is 18.1 Å². The van der Waals surface area contributed by atoms with E-state index >= 15 is 0 Å². The van der Waals surface area contributed by atoms with Gasteiger partial charge in [-0.1, -0.05) is 13.0 Å². The summed E-state index contributed by atoms with van der Waals surface area (Å²) in [6.07, 6.45) is 6.22. The molecule has 0 radical (unpaired) electrons. The molecule has 0 unspecified atom stereocenters. The number of rotatable bonds is 5. The molecule has 1 aromatic carbocycles. The van der Waals surface area contributed by atoms with E-state index in [0.29, 0.717) is 6.04 Å². The molecular weight excluding hydrogens is 428 g/mol. The summed E-state index contributed by atoms with van der Waals surface area (Å²) in [6.45, 7) is 7.08. The molecule has 0 aliphatic carbocycles. The zero-order valence-electron chi connectivity index (χ0n) is 19.7. The molecule has 1 fully saturated rings. The van der Waals surface area contributed by atoms with Crippen LogP contribution in [0.25, 0.3) is 22.1 Å². The lowest BCUT2D eigenvalue weighted by molar-refractivity contribution is 0.124. The lowest BCUT2D eigenvalue weighted by Crippen LogP contribution is -2.53. The Hall–Kier alpha value is -3.77. The first-order valence-electron chi connectivity index (χ1n) is 11.7. The van der Waals surface area contributed by atoms with E-state index in [2.05, 4.69) is 56.9 Å². The maximum absolute atomic E-state index is 12.7. The zero-order valence-corrected chi connectivity index (χ0v) is 19.7. The number of benzene rings is 1. The van der Waals surface area contributed by atoms with E-state index in [1.54, 1.807) is 41.0 Å². The molecule has 34 heavy (non-hydrogen) atoms. The highest BCUT2D eigenvalue weighted by atomic mass is 16.1. The molecule has 2 atom stereocenters. The van der Waals surface area contributed by atoms with Crippen LogP contribution in [0.5, 0.6) is 0 Å². The molecule has 9 heteroatoms. The monoisotopic (exact) mass is 456 g/mol. The SMILES string of the molecule is CC[C@@H]1CN(c2cc(=O)n(C)c3cn(CC#N)nc23)CCN1[C@H](C)c1ccc2nccnc2c1.